The molecule has 1 fully saturated rings. The van der Waals surface area contributed by atoms with Crippen molar-refractivity contribution in [1.82, 2.24) is 4.31 Å². The Morgan fingerprint density at radius 1 is 1.11 bits per heavy atom. The first-order valence-electron chi connectivity index (χ1n) is 8.09. The fraction of sp³-hybridized carbons (Fsp3) is 0.278. The minimum absolute atomic E-state index is 0.00830. The number of hydrogen-bond donors (Lipinski definition) is 0. The number of halogens is 3. The number of ether oxygens (including phenoxy) is 1. The lowest BCUT2D eigenvalue weighted by molar-refractivity contribution is -0.153. The van der Waals surface area contributed by atoms with Gasteiger partial charge in [0.15, 0.2) is 6.61 Å². The molecule has 0 saturated carbocycles. The fourth-order valence-electron chi connectivity index (χ4n) is 2.92. The zero-order valence-electron chi connectivity index (χ0n) is 14.0. The summed E-state index contributed by atoms with van der Waals surface area (Å²) in [6.07, 6.45) is -4.26. The molecule has 144 valence electrons. The smallest absolute Gasteiger partial charge is 0.422 e. The standard InChI is InChI=1S/C18H16F3NO4S/c19-18(20,21)12-26-15-8-4-7-14(11-15)17(23)22-10-9-16(27(22,24)25)13-5-2-1-3-6-13/h1-8,11,16H,9-10,12H2. The molecule has 9 heteroatoms. The van der Waals surface area contributed by atoms with Crippen LogP contribution in [-0.2, 0) is 10.0 Å². The first-order chi connectivity index (χ1) is 12.7. The molecule has 0 spiro atoms. The Morgan fingerprint density at radius 3 is 2.48 bits per heavy atom. The number of benzene rings is 2. The van der Waals surface area contributed by atoms with Crippen LogP contribution in [-0.4, -0.2) is 38.0 Å². The van der Waals surface area contributed by atoms with Gasteiger partial charge in [0.2, 0.25) is 10.0 Å². The van der Waals surface area contributed by atoms with E-state index in [1.54, 1.807) is 30.3 Å². The van der Waals surface area contributed by atoms with Crippen LogP contribution in [0.25, 0.3) is 0 Å². The van der Waals surface area contributed by atoms with E-state index in [9.17, 15) is 26.4 Å². The van der Waals surface area contributed by atoms with Crippen LogP contribution in [0.5, 0.6) is 5.75 Å². The lowest BCUT2D eigenvalue weighted by atomic mass is 10.1. The van der Waals surface area contributed by atoms with Crippen molar-refractivity contribution in [2.45, 2.75) is 17.8 Å². The summed E-state index contributed by atoms with van der Waals surface area (Å²) in [4.78, 5) is 12.7. The summed E-state index contributed by atoms with van der Waals surface area (Å²) in [5.74, 6) is -0.944. The monoisotopic (exact) mass is 399 g/mol. The summed E-state index contributed by atoms with van der Waals surface area (Å²) in [5, 5.41) is -0.827. The highest BCUT2D eigenvalue weighted by molar-refractivity contribution is 7.90. The van der Waals surface area contributed by atoms with Gasteiger partial charge in [0.05, 0.1) is 0 Å². The van der Waals surface area contributed by atoms with Gasteiger partial charge in [-0.2, -0.15) is 13.2 Å². The van der Waals surface area contributed by atoms with Crippen LogP contribution in [0.15, 0.2) is 54.6 Å². The minimum atomic E-state index is -4.51. The van der Waals surface area contributed by atoms with E-state index >= 15 is 0 Å². The number of nitrogens with zero attached hydrogens (tertiary/aromatic N) is 1. The van der Waals surface area contributed by atoms with Gasteiger partial charge < -0.3 is 4.74 Å². The second kappa shape index (κ2) is 7.22. The van der Waals surface area contributed by atoms with Gasteiger partial charge in [-0.1, -0.05) is 36.4 Å². The highest BCUT2D eigenvalue weighted by Gasteiger charge is 2.42. The van der Waals surface area contributed by atoms with E-state index < -0.39 is 34.0 Å². The molecule has 1 unspecified atom stereocenters. The maximum absolute atomic E-state index is 12.8. The van der Waals surface area contributed by atoms with Crippen LogP contribution in [0.4, 0.5) is 13.2 Å². The quantitative estimate of drug-likeness (QED) is 0.789. The minimum Gasteiger partial charge on any atom is -0.484 e. The molecule has 1 atom stereocenters. The lowest BCUT2D eigenvalue weighted by Crippen LogP contribution is -2.33. The predicted molar refractivity (Wildman–Crippen MR) is 91.7 cm³/mol. The van der Waals surface area contributed by atoms with E-state index in [2.05, 4.69) is 4.74 Å². The van der Waals surface area contributed by atoms with Gasteiger partial charge in [-0.15, -0.1) is 0 Å². The molecule has 1 heterocycles. The third-order valence-corrected chi connectivity index (χ3v) is 6.33. The van der Waals surface area contributed by atoms with E-state index in [0.29, 0.717) is 5.56 Å². The molecule has 2 aromatic carbocycles. The summed E-state index contributed by atoms with van der Waals surface area (Å²) in [5.41, 5.74) is 0.544. The highest BCUT2D eigenvalue weighted by atomic mass is 32.2. The van der Waals surface area contributed by atoms with Gasteiger partial charge in [0, 0.05) is 12.1 Å². The van der Waals surface area contributed by atoms with Gasteiger partial charge >= 0.3 is 6.18 Å². The van der Waals surface area contributed by atoms with E-state index in [1.807, 2.05) is 0 Å². The Labute approximate surface area is 154 Å². The molecule has 3 rings (SSSR count). The summed E-state index contributed by atoms with van der Waals surface area (Å²) < 4.78 is 67.8. The topological polar surface area (TPSA) is 63.7 Å². The Kier molecular flexibility index (Phi) is 5.14. The normalized spacial score (nSPS) is 19.1. The van der Waals surface area contributed by atoms with Gasteiger partial charge in [-0.05, 0) is 30.2 Å². The molecular formula is C18H16F3NO4S. The molecular weight excluding hydrogens is 383 g/mol. The summed E-state index contributed by atoms with van der Waals surface area (Å²) in [7, 11) is -3.91. The molecule has 0 aromatic heterocycles. The van der Waals surface area contributed by atoms with Crippen LogP contribution in [0.1, 0.15) is 27.6 Å². The SMILES string of the molecule is O=C(c1cccc(OCC(F)(F)F)c1)N1CCC(c2ccccc2)S1(=O)=O. The second-order valence-corrected chi connectivity index (χ2v) is 8.08. The van der Waals surface area contributed by atoms with Gasteiger partial charge in [0.1, 0.15) is 11.0 Å². The molecule has 0 radical (unpaired) electrons. The van der Waals surface area contributed by atoms with Gasteiger partial charge in [-0.3, -0.25) is 4.79 Å². The predicted octanol–water partition coefficient (Wildman–Crippen LogP) is 3.54. The number of carbonyl (C=O) groups excluding carboxylic acids is 1. The lowest BCUT2D eigenvalue weighted by Gasteiger charge is -2.18. The van der Waals surface area contributed by atoms with Gasteiger partial charge in [0.25, 0.3) is 5.91 Å². The van der Waals surface area contributed by atoms with E-state index in [4.69, 9.17) is 0 Å². The van der Waals surface area contributed by atoms with Crippen LogP contribution < -0.4 is 4.74 Å². The summed E-state index contributed by atoms with van der Waals surface area (Å²) >= 11 is 0. The van der Waals surface area contributed by atoms with E-state index in [1.165, 1.54) is 18.2 Å². The molecule has 1 saturated heterocycles. The number of hydrogen-bond acceptors (Lipinski definition) is 4. The molecule has 0 bridgehead atoms. The van der Waals surface area contributed by atoms with Crippen LogP contribution in [0, 0.1) is 0 Å². The van der Waals surface area contributed by atoms with Gasteiger partial charge in [-0.25, -0.2) is 12.7 Å². The Bertz CT molecular complexity index is 929. The maximum atomic E-state index is 12.8. The molecule has 0 aliphatic carbocycles. The molecule has 27 heavy (non-hydrogen) atoms. The molecule has 5 nitrogen and oxygen atoms in total. The van der Waals surface area contributed by atoms with E-state index in [-0.39, 0.29) is 24.3 Å². The second-order valence-electron chi connectivity index (χ2n) is 6.04. The third-order valence-electron chi connectivity index (χ3n) is 4.14. The average Bonchev–Trinajstić information content (AvgIpc) is 2.94. The first-order valence-corrected chi connectivity index (χ1v) is 9.59. The van der Waals surface area contributed by atoms with Crippen molar-refractivity contribution in [3.8, 4) is 5.75 Å². The molecule has 0 N–H and O–H groups in total. The van der Waals surface area contributed by atoms with Crippen LogP contribution >= 0.6 is 0 Å². The first kappa shape index (κ1) is 19.2. The number of sulfonamides is 1. The van der Waals surface area contributed by atoms with E-state index in [0.717, 1.165) is 10.4 Å². The molecule has 1 aliphatic heterocycles. The Morgan fingerprint density at radius 2 is 1.81 bits per heavy atom. The zero-order chi connectivity index (χ0) is 19.7. The Hall–Kier alpha value is -2.55. The third kappa shape index (κ3) is 4.24. The number of amides is 1. The van der Waals surface area contributed by atoms with Crippen molar-refractivity contribution in [1.29, 1.82) is 0 Å². The highest BCUT2D eigenvalue weighted by Crippen LogP contribution is 2.36. The molecule has 2 aromatic rings. The fourth-order valence-corrected chi connectivity index (χ4v) is 4.82. The van der Waals surface area contributed by atoms with Crippen LogP contribution in [0.3, 0.4) is 0 Å². The van der Waals surface area contributed by atoms with Crippen molar-refractivity contribution in [3.05, 3.63) is 65.7 Å². The number of carbonyl (C=O) groups is 1. The largest absolute Gasteiger partial charge is 0.484 e. The van der Waals surface area contributed by atoms with Crippen molar-refractivity contribution >= 4 is 15.9 Å². The van der Waals surface area contributed by atoms with Crippen molar-refractivity contribution < 1.29 is 31.1 Å². The summed E-state index contributed by atoms with van der Waals surface area (Å²) in [6.45, 7) is -1.49. The van der Waals surface area contributed by atoms with Crippen molar-refractivity contribution in [2.24, 2.45) is 0 Å². The molecule has 1 amide bonds. The number of rotatable bonds is 4. The zero-order valence-corrected chi connectivity index (χ0v) is 14.8. The Balaban J connectivity index is 1.80. The average molecular weight is 399 g/mol. The van der Waals surface area contributed by atoms with Crippen molar-refractivity contribution in [2.75, 3.05) is 13.2 Å². The van der Waals surface area contributed by atoms with Crippen molar-refractivity contribution in [3.63, 3.8) is 0 Å². The maximum Gasteiger partial charge on any atom is 0.422 e. The molecule has 1 aliphatic rings. The number of alkyl halides is 3. The van der Waals surface area contributed by atoms with Crippen LogP contribution in [0.2, 0.25) is 0 Å². The summed E-state index contributed by atoms with van der Waals surface area (Å²) in [6, 6.07) is 13.6.